The van der Waals surface area contributed by atoms with Gasteiger partial charge in [-0.25, -0.2) is 13.1 Å². The first kappa shape index (κ1) is 18.7. The first-order valence-corrected chi connectivity index (χ1v) is 10.3. The number of nitrogen functional groups attached to an aromatic ring is 1. The molecule has 1 aliphatic rings. The topological polar surface area (TPSA) is 92.5 Å². The van der Waals surface area contributed by atoms with Gasteiger partial charge in [-0.15, -0.1) is 0 Å². The van der Waals surface area contributed by atoms with Crippen LogP contribution in [0.4, 0.5) is 5.69 Å². The molecule has 1 amide bonds. The number of rotatable bonds is 7. The van der Waals surface area contributed by atoms with Gasteiger partial charge in [-0.05, 0) is 43.7 Å². The fraction of sp³-hybridized carbons (Fsp3) is 0.588. The molecule has 7 heteroatoms. The van der Waals surface area contributed by atoms with Crippen molar-refractivity contribution in [2.24, 2.45) is 0 Å². The number of aryl methyl sites for hydroxylation is 1. The number of anilines is 1. The predicted octanol–water partition coefficient (Wildman–Crippen LogP) is 1.52. The maximum absolute atomic E-state index is 12.6. The molecule has 1 aromatic rings. The lowest BCUT2D eigenvalue weighted by atomic mass is 9.98. The SMILES string of the molecule is CS(=O)(=O)NCCC1CCCCN1C(=O)CCc1ccccc1N. The van der Waals surface area contributed by atoms with Crippen molar-refractivity contribution in [3.63, 3.8) is 0 Å². The van der Waals surface area contributed by atoms with Gasteiger partial charge in [0.05, 0.1) is 6.26 Å². The Hall–Kier alpha value is -1.60. The summed E-state index contributed by atoms with van der Waals surface area (Å²) in [6.07, 6.45) is 5.91. The highest BCUT2D eigenvalue weighted by Crippen LogP contribution is 2.21. The third kappa shape index (κ3) is 5.79. The van der Waals surface area contributed by atoms with Gasteiger partial charge in [0, 0.05) is 31.2 Å². The van der Waals surface area contributed by atoms with Gasteiger partial charge in [0.15, 0.2) is 0 Å². The number of nitrogens with zero attached hydrogens (tertiary/aromatic N) is 1. The molecule has 6 nitrogen and oxygen atoms in total. The predicted molar refractivity (Wildman–Crippen MR) is 96.0 cm³/mol. The number of para-hydroxylation sites is 1. The summed E-state index contributed by atoms with van der Waals surface area (Å²) in [5, 5.41) is 0. The number of nitrogens with one attached hydrogen (secondary N) is 1. The highest BCUT2D eigenvalue weighted by atomic mass is 32.2. The molecule has 0 aliphatic carbocycles. The molecule has 1 aromatic carbocycles. The quantitative estimate of drug-likeness (QED) is 0.727. The number of carbonyl (C=O) groups excluding carboxylic acids is 1. The van der Waals surface area contributed by atoms with Crippen molar-refractivity contribution < 1.29 is 13.2 Å². The molecule has 1 unspecified atom stereocenters. The molecule has 1 atom stereocenters. The number of nitrogens with two attached hydrogens (primary N) is 1. The van der Waals surface area contributed by atoms with Gasteiger partial charge in [-0.2, -0.15) is 0 Å². The van der Waals surface area contributed by atoms with Crippen LogP contribution in [-0.2, 0) is 21.2 Å². The summed E-state index contributed by atoms with van der Waals surface area (Å²) < 4.78 is 24.9. The van der Waals surface area contributed by atoms with Gasteiger partial charge in [0.25, 0.3) is 0 Å². The average Bonchev–Trinajstić information content (AvgIpc) is 2.53. The largest absolute Gasteiger partial charge is 0.399 e. The van der Waals surface area contributed by atoms with Crippen molar-refractivity contribution in [2.75, 3.05) is 25.1 Å². The minimum Gasteiger partial charge on any atom is -0.399 e. The summed E-state index contributed by atoms with van der Waals surface area (Å²) in [5.74, 6) is 0.127. The molecule has 134 valence electrons. The van der Waals surface area contributed by atoms with Crippen molar-refractivity contribution >= 4 is 21.6 Å². The normalized spacial score (nSPS) is 18.5. The average molecular weight is 353 g/mol. The first-order valence-electron chi connectivity index (χ1n) is 8.44. The Balaban J connectivity index is 1.89. The van der Waals surface area contributed by atoms with Crippen LogP contribution in [0.2, 0.25) is 0 Å². The Morgan fingerprint density at radius 2 is 2.08 bits per heavy atom. The third-order valence-corrected chi connectivity index (χ3v) is 5.18. The summed E-state index contributed by atoms with van der Waals surface area (Å²) in [7, 11) is -3.18. The zero-order chi connectivity index (χ0) is 17.6. The van der Waals surface area contributed by atoms with E-state index in [1.165, 1.54) is 0 Å². The summed E-state index contributed by atoms with van der Waals surface area (Å²) >= 11 is 0. The van der Waals surface area contributed by atoms with Crippen LogP contribution >= 0.6 is 0 Å². The van der Waals surface area contributed by atoms with Crippen LogP contribution < -0.4 is 10.5 Å². The maximum atomic E-state index is 12.6. The van der Waals surface area contributed by atoms with E-state index in [1.807, 2.05) is 29.2 Å². The summed E-state index contributed by atoms with van der Waals surface area (Å²) in [6, 6.07) is 7.73. The number of benzene rings is 1. The Bertz CT molecular complexity index is 661. The third-order valence-electron chi connectivity index (χ3n) is 4.45. The van der Waals surface area contributed by atoms with Gasteiger partial charge >= 0.3 is 0 Å². The molecule has 1 heterocycles. The van der Waals surface area contributed by atoms with Crippen molar-refractivity contribution in [3.8, 4) is 0 Å². The van der Waals surface area contributed by atoms with E-state index in [2.05, 4.69) is 4.72 Å². The van der Waals surface area contributed by atoms with Crippen molar-refractivity contribution in [1.29, 1.82) is 0 Å². The summed E-state index contributed by atoms with van der Waals surface area (Å²) in [6.45, 7) is 1.13. The van der Waals surface area contributed by atoms with Gasteiger partial charge < -0.3 is 10.6 Å². The highest BCUT2D eigenvalue weighted by molar-refractivity contribution is 7.88. The number of hydrogen-bond donors (Lipinski definition) is 2. The van der Waals surface area contributed by atoms with Crippen LogP contribution in [0.25, 0.3) is 0 Å². The number of amides is 1. The monoisotopic (exact) mass is 353 g/mol. The first-order chi connectivity index (χ1) is 11.4. The lowest BCUT2D eigenvalue weighted by Gasteiger charge is -2.36. The lowest BCUT2D eigenvalue weighted by molar-refractivity contribution is -0.134. The zero-order valence-electron chi connectivity index (χ0n) is 14.2. The van der Waals surface area contributed by atoms with E-state index >= 15 is 0 Å². The molecule has 2 rings (SSSR count). The molecule has 24 heavy (non-hydrogen) atoms. The molecule has 0 spiro atoms. The van der Waals surface area contributed by atoms with E-state index in [0.717, 1.165) is 43.3 Å². The van der Waals surface area contributed by atoms with Crippen LogP contribution in [0.1, 0.15) is 37.7 Å². The van der Waals surface area contributed by atoms with E-state index in [9.17, 15) is 13.2 Å². The maximum Gasteiger partial charge on any atom is 0.223 e. The fourth-order valence-corrected chi connectivity index (χ4v) is 3.68. The van der Waals surface area contributed by atoms with E-state index < -0.39 is 10.0 Å². The Morgan fingerprint density at radius 1 is 1.33 bits per heavy atom. The van der Waals surface area contributed by atoms with Crippen molar-refractivity contribution in [1.82, 2.24) is 9.62 Å². The van der Waals surface area contributed by atoms with Crippen LogP contribution in [-0.4, -0.2) is 44.6 Å². The fourth-order valence-electron chi connectivity index (χ4n) is 3.19. The standard InChI is InChI=1S/C17H27N3O3S/c1-24(22,23)19-12-11-15-7-4-5-13-20(15)17(21)10-9-14-6-2-3-8-16(14)18/h2-3,6,8,15,19H,4-5,7,9-13,18H2,1H3. The number of hydrogen-bond acceptors (Lipinski definition) is 4. The number of carbonyl (C=O) groups is 1. The van der Waals surface area contributed by atoms with Crippen LogP contribution in [0.15, 0.2) is 24.3 Å². The Kier molecular flexibility index (Phi) is 6.62. The molecule has 0 aromatic heterocycles. The summed E-state index contributed by atoms with van der Waals surface area (Å²) in [5.41, 5.74) is 7.65. The molecular weight excluding hydrogens is 326 g/mol. The Morgan fingerprint density at radius 3 is 2.79 bits per heavy atom. The van der Waals surface area contributed by atoms with E-state index in [-0.39, 0.29) is 11.9 Å². The van der Waals surface area contributed by atoms with E-state index in [4.69, 9.17) is 5.73 Å². The second-order valence-electron chi connectivity index (χ2n) is 6.39. The molecule has 1 fully saturated rings. The highest BCUT2D eigenvalue weighted by Gasteiger charge is 2.26. The van der Waals surface area contributed by atoms with Gasteiger partial charge in [-0.3, -0.25) is 4.79 Å². The summed E-state index contributed by atoms with van der Waals surface area (Å²) in [4.78, 5) is 14.5. The van der Waals surface area contributed by atoms with Crippen molar-refractivity contribution in [2.45, 2.75) is 44.6 Å². The molecule has 0 bridgehead atoms. The van der Waals surface area contributed by atoms with Crippen LogP contribution in [0, 0.1) is 0 Å². The molecule has 3 N–H and O–H groups in total. The molecule has 0 radical (unpaired) electrons. The van der Waals surface area contributed by atoms with Gasteiger partial charge in [-0.1, -0.05) is 18.2 Å². The molecule has 1 saturated heterocycles. The van der Waals surface area contributed by atoms with Crippen LogP contribution in [0.3, 0.4) is 0 Å². The lowest BCUT2D eigenvalue weighted by Crippen LogP contribution is -2.45. The minimum absolute atomic E-state index is 0.119. The Labute approximate surface area is 144 Å². The second kappa shape index (κ2) is 8.48. The zero-order valence-corrected chi connectivity index (χ0v) is 15.0. The second-order valence-corrected chi connectivity index (χ2v) is 8.22. The van der Waals surface area contributed by atoms with Crippen LogP contribution in [0.5, 0.6) is 0 Å². The van der Waals surface area contributed by atoms with Gasteiger partial charge in [0.1, 0.15) is 0 Å². The molecular formula is C17H27N3O3S. The number of likely N-dealkylation sites (tertiary alicyclic amines) is 1. The minimum atomic E-state index is -3.18. The van der Waals surface area contributed by atoms with Gasteiger partial charge in [0.2, 0.25) is 15.9 Å². The van der Waals surface area contributed by atoms with E-state index in [0.29, 0.717) is 25.8 Å². The molecule has 0 saturated carbocycles. The number of piperidine rings is 1. The number of sulfonamides is 1. The van der Waals surface area contributed by atoms with Crippen molar-refractivity contribution in [3.05, 3.63) is 29.8 Å². The smallest absolute Gasteiger partial charge is 0.223 e. The van der Waals surface area contributed by atoms with E-state index in [1.54, 1.807) is 0 Å². The molecule has 1 aliphatic heterocycles.